The molecule has 0 aliphatic carbocycles. The molecule has 1 aromatic heterocycles. The second-order valence-corrected chi connectivity index (χ2v) is 1.57. The Kier molecular flexibility index (Phi) is 1.32. The highest BCUT2D eigenvalue weighted by atomic mass is 16.1. The molecule has 0 amide bonds. The zero-order valence-corrected chi connectivity index (χ0v) is 4.59. The number of hydrogen-bond acceptors (Lipinski definition) is 2. The number of carbonyl (C=O) groups is 1. The minimum Gasteiger partial charge on any atom is -0.358 e. The Hall–Kier alpha value is -1.56. The first-order valence-corrected chi connectivity index (χ1v) is 2.40. The first kappa shape index (κ1) is 5.57. The third-order valence-corrected chi connectivity index (χ3v) is 0.961. The van der Waals surface area contributed by atoms with Crippen LogP contribution in [0.25, 0.3) is 0 Å². The van der Waals surface area contributed by atoms with E-state index in [0.717, 1.165) is 0 Å². The highest BCUT2D eigenvalue weighted by molar-refractivity contribution is 5.72. The van der Waals surface area contributed by atoms with Crippen LogP contribution in [-0.4, -0.2) is 11.3 Å². The third kappa shape index (κ3) is 0.970. The number of aldehydes is 1. The van der Waals surface area contributed by atoms with Crippen LogP contribution in [-0.2, 0) is 0 Å². The number of carbonyl (C=O) groups excluding carboxylic acids is 1. The summed E-state index contributed by atoms with van der Waals surface area (Å²) in [6, 6.07) is 3.38. The van der Waals surface area contributed by atoms with Crippen molar-refractivity contribution >= 4 is 6.29 Å². The Labute approximate surface area is 51.9 Å². The molecule has 0 aliphatic heterocycles. The summed E-state index contributed by atoms with van der Waals surface area (Å²) in [7, 11) is 0. The normalized spacial score (nSPS) is 8.33. The lowest BCUT2D eigenvalue weighted by Gasteiger charge is -1.70. The quantitative estimate of drug-likeness (QED) is 0.554. The van der Waals surface area contributed by atoms with E-state index in [0.29, 0.717) is 17.5 Å². The Morgan fingerprint density at radius 2 is 2.56 bits per heavy atom. The van der Waals surface area contributed by atoms with Crippen molar-refractivity contribution in [2.75, 3.05) is 0 Å². The van der Waals surface area contributed by atoms with Crippen molar-refractivity contribution in [3.63, 3.8) is 0 Å². The lowest BCUT2D eigenvalue weighted by atomic mass is 10.3. The summed E-state index contributed by atoms with van der Waals surface area (Å²) in [4.78, 5) is 12.6. The lowest BCUT2D eigenvalue weighted by molar-refractivity contribution is 0.111. The van der Waals surface area contributed by atoms with Crippen LogP contribution in [0.2, 0.25) is 0 Å². The average Bonchev–Trinajstić information content (AvgIpc) is 2.34. The molecule has 0 aromatic carbocycles. The van der Waals surface area contributed by atoms with Crippen molar-refractivity contribution in [1.82, 2.24) is 4.98 Å². The largest absolute Gasteiger partial charge is 0.358 e. The van der Waals surface area contributed by atoms with Crippen LogP contribution in [0, 0.1) is 11.3 Å². The maximum absolute atomic E-state index is 10.00. The van der Waals surface area contributed by atoms with Gasteiger partial charge in [-0.2, -0.15) is 5.26 Å². The third-order valence-electron chi connectivity index (χ3n) is 0.961. The van der Waals surface area contributed by atoms with Crippen LogP contribution in [0.15, 0.2) is 12.3 Å². The molecule has 0 saturated carbocycles. The minimum absolute atomic E-state index is 0.437. The van der Waals surface area contributed by atoms with Gasteiger partial charge in [0.05, 0.1) is 11.3 Å². The van der Waals surface area contributed by atoms with Crippen LogP contribution in [0.1, 0.15) is 16.1 Å². The van der Waals surface area contributed by atoms with E-state index in [1.54, 1.807) is 0 Å². The molecule has 0 radical (unpaired) electrons. The predicted molar refractivity (Wildman–Crippen MR) is 30.9 cm³/mol. The van der Waals surface area contributed by atoms with Gasteiger partial charge in [0, 0.05) is 6.20 Å². The van der Waals surface area contributed by atoms with E-state index in [2.05, 4.69) is 4.98 Å². The van der Waals surface area contributed by atoms with Crippen LogP contribution < -0.4 is 0 Å². The molecule has 0 aliphatic rings. The second-order valence-electron chi connectivity index (χ2n) is 1.57. The first-order chi connectivity index (χ1) is 4.36. The summed E-state index contributed by atoms with van der Waals surface area (Å²) in [6.45, 7) is 0. The van der Waals surface area contributed by atoms with Gasteiger partial charge in [-0.15, -0.1) is 0 Å². The highest BCUT2D eigenvalue weighted by Gasteiger charge is 1.92. The van der Waals surface area contributed by atoms with Crippen molar-refractivity contribution in [3.8, 4) is 6.07 Å². The monoisotopic (exact) mass is 120 g/mol. The molecule has 0 spiro atoms. The van der Waals surface area contributed by atoms with E-state index in [4.69, 9.17) is 5.26 Å². The molecule has 1 N–H and O–H groups in total. The van der Waals surface area contributed by atoms with Gasteiger partial charge < -0.3 is 4.98 Å². The molecule has 0 bridgehead atoms. The number of aromatic amines is 1. The van der Waals surface area contributed by atoms with Gasteiger partial charge in [-0.25, -0.2) is 0 Å². The zero-order valence-electron chi connectivity index (χ0n) is 4.59. The standard InChI is InChI=1S/C6H4N2O/c7-2-5-1-6(4-9)8-3-5/h1,3-4,8H. The molecule has 1 aromatic rings. The smallest absolute Gasteiger partial charge is 0.166 e. The summed E-state index contributed by atoms with van der Waals surface area (Å²) in [5.74, 6) is 0. The number of nitrogens with one attached hydrogen (secondary N) is 1. The van der Waals surface area contributed by atoms with Crippen LogP contribution in [0.5, 0.6) is 0 Å². The maximum atomic E-state index is 10.00. The van der Waals surface area contributed by atoms with Gasteiger partial charge in [0.25, 0.3) is 0 Å². The fourth-order valence-corrected chi connectivity index (χ4v) is 0.545. The van der Waals surface area contributed by atoms with Crippen LogP contribution >= 0.6 is 0 Å². The van der Waals surface area contributed by atoms with Gasteiger partial charge in [-0.1, -0.05) is 0 Å². The molecular weight excluding hydrogens is 116 g/mol. The lowest BCUT2D eigenvalue weighted by Crippen LogP contribution is -1.72. The van der Waals surface area contributed by atoms with Gasteiger partial charge in [-0.05, 0) is 6.07 Å². The van der Waals surface area contributed by atoms with Crippen molar-refractivity contribution in [1.29, 1.82) is 5.26 Å². The van der Waals surface area contributed by atoms with Gasteiger partial charge in [0.2, 0.25) is 0 Å². The van der Waals surface area contributed by atoms with E-state index in [1.165, 1.54) is 12.3 Å². The molecule has 1 heterocycles. The molecule has 0 atom stereocenters. The topological polar surface area (TPSA) is 56.6 Å². The first-order valence-electron chi connectivity index (χ1n) is 2.40. The molecule has 0 unspecified atom stereocenters. The summed E-state index contributed by atoms with van der Waals surface area (Å²) in [5, 5.41) is 8.26. The molecule has 9 heavy (non-hydrogen) atoms. The molecule has 0 fully saturated rings. The number of nitrogens with zero attached hydrogens (tertiary/aromatic N) is 1. The Morgan fingerprint density at radius 3 is 2.89 bits per heavy atom. The van der Waals surface area contributed by atoms with Crippen LogP contribution in [0.3, 0.4) is 0 Å². The van der Waals surface area contributed by atoms with E-state index < -0.39 is 0 Å². The van der Waals surface area contributed by atoms with Crippen molar-refractivity contribution in [2.24, 2.45) is 0 Å². The van der Waals surface area contributed by atoms with Crippen molar-refractivity contribution < 1.29 is 4.79 Å². The summed E-state index contributed by atoms with van der Waals surface area (Å²) < 4.78 is 0. The predicted octanol–water partition coefficient (Wildman–Crippen LogP) is 0.699. The summed E-state index contributed by atoms with van der Waals surface area (Å²) in [6.07, 6.45) is 2.16. The molecule has 3 nitrogen and oxygen atoms in total. The number of H-pyrrole nitrogens is 1. The van der Waals surface area contributed by atoms with Gasteiger partial charge in [0.15, 0.2) is 6.29 Å². The molecule has 3 heteroatoms. The van der Waals surface area contributed by atoms with E-state index in [9.17, 15) is 4.79 Å². The fraction of sp³-hybridized carbons (Fsp3) is 0. The van der Waals surface area contributed by atoms with Gasteiger partial charge in [0.1, 0.15) is 6.07 Å². The minimum atomic E-state index is 0.437. The van der Waals surface area contributed by atoms with Gasteiger partial charge in [-0.3, -0.25) is 4.79 Å². The maximum Gasteiger partial charge on any atom is 0.166 e. The van der Waals surface area contributed by atoms with Gasteiger partial charge >= 0.3 is 0 Å². The summed E-state index contributed by atoms with van der Waals surface area (Å²) >= 11 is 0. The molecule has 44 valence electrons. The zero-order chi connectivity index (χ0) is 6.69. The van der Waals surface area contributed by atoms with E-state index >= 15 is 0 Å². The number of aromatic nitrogens is 1. The molecule has 1 rings (SSSR count). The number of rotatable bonds is 1. The Morgan fingerprint density at radius 1 is 1.78 bits per heavy atom. The Bertz CT molecular complexity index is 256. The van der Waals surface area contributed by atoms with Crippen LogP contribution in [0.4, 0.5) is 0 Å². The highest BCUT2D eigenvalue weighted by Crippen LogP contribution is 1.97. The average molecular weight is 120 g/mol. The molecule has 0 saturated heterocycles. The fourth-order valence-electron chi connectivity index (χ4n) is 0.545. The summed E-state index contributed by atoms with van der Waals surface area (Å²) in [5.41, 5.74) is 0.920. The SMILES string of the molecule is N#Cc1c[nH]c(C=O)c1. The second kappa shape index (κ2) is 2.14. The molecular formula is C6H4N2O. The van der Waals surface area contributed by atoms with E-state index in [-0.39, 0.29) is 0 Å². The number of nitriles is 1. The van der Waals surface area contributed by atoms with Crippen molar-refractivity contribution in [3.05, 3.63) is 23.5 Å². The Balaban J connectivity index is 3.03. The van der Waals surface area contributed by atoms with Crippen molar-refractivity contribution in [2.45, 2.75) is 0 Å². The number of hydrogen-bond donors (Lipinski definition) is 1. The van der Waals surface area contributed by atoms with E-state index in [1.807, 2.05) is 6.07 Å².